The number of hydrogen-bond donors (Lipinski definition) is 1. The van der Waals surface area contributed by atoms with E-state index in [0.29, 0.717) is 29.7 Å². The second-order valence-corrected chi connectivity index (χ2v) is 5.80. The Bertz CT molecular complexity index is 617. The van der Waals surface area contributed by atoms with Crippen LogP contribution in [0.2, 0.25) is 0 Å². The summed E-state index contributed by atoms with van der Waals surface area (Å²) in [4.78, 5) is 8.26. The molecule has 0 atom stereocenters. The minimum Gasteiger partial charge on any atom is -0.382 e. The van der Waals surface area contributed by atoms with E-state index in [4.69, 9.17) is 5.73 Å². The highest BCUT2D eigenvalue weighted by Gasteiger charge is 2.36. The van der Waals surface area contributed by atoms with Gasteiger partial charge in [0, 0.05) is 12.8 Å². The second-order valence-electron chi connectivity index (χ2n) is 4.78. The third kappa shape index (κ3) is 2.26. The summed E-state index contributed by atoms with van der Waals surface area (Å²) < 4.78 is 28.8. The van der Waals surface area contributed by atoms with E-state index >= 15 is 0 Å². The Labute approximate surface area is 121 Å². The van der Waals surface area contributed by atoms with Crippen molar-refractivity contribution in [1.29, 1.82) is 0 Å². The van der Waals surface area contributed by atoms with Gasteiger partial charge in [-0.15, -0.1) is 0 Å². The predicted molar refractivity (Wildman–Crippen MR) is 74.9 cm³/mol. The molecule has 0 aliphatic heterocycles. The fraction of sp³-hybridized carbons (Fsp3) is 0.545. The average molecular weight is 379 g/mol. The number of anilines is 1. The lowest BCUT2D eigenvalue weighted by Gasteiger charge is -2.28. The maximum absolute atomic E-state index is 13.2. The van der Waals surface area contributed by atoms with Crippen LogP contribution in [-0.4, -0.2) is 25.7 Å². The van der Waals surface area contributed by atoms with Crippen molar-refractivity contribution in [3.05, 3.63) is 10.0 Å². The van der Waals surface area contributed by atoms with Crippen LogP contribution in [0.1, 0.15) is 31.7 Å². The molecule has 8 heteroatoms. The van der Waals surface area contributed by atoms with Crippen molar-refractivity contribution < 1.29 is 8.78 Å². The SMILES string of the molecule is Nc1nn(C2CCC(F)(F)CC2)c2ncnc(I)c12. The van der Waals surface area contributed by atoms with E-state index in [1.54, 1.807) is 4.68 Å². The summed E-state index contributed by atoms with van der Waals surface area (Å²) in [5.41, 5.74) is 6.50. The normalized spacial score (nSPS) is 19.9. The maximum atomic E-state index is 13.2. The van der Waals surface area contributed by atoms with Crippen LogP contribution in [0.3, 0.4) is 0 Å². The molecule has 0 unspecified atom stereocenters. The van der Waals surface area contributed by atoms with Crippen LogP contribution in [0, 0.1) is 3.70 Å². The van der Waals surface area contributed by atoms with Gasteiger partial charge in [-0.3, -0.25) is 0 Å². The molecule has 0 radical (unpaired) electrons. The summed E-state index contributed by atoms with van der Waals surface area (Å²) in [6, 6.07) is -0.0647. The molecule has 102 valence electrons. The molecule has 0 amide bonds. The van der Waals surface area contributed by atoms with E-state index in [0.717, 1.165) is 3.70 Å². The number of rotatable bonds is 1. The van der Waals surface area contributed by atoms with Gasteiger partial charge in [-0.05, 0) is 35.4 Å². The molecule has 2 aromatic heterocycles. The van der Waals surface area contributed by atoms with Gasteiger partial charge in [0.15, 0.2) is 11.5 Å². The highest BCUT2D eigenvalue weighted by atomic mass is 127. The monoisotopic (exact) mass is 379 g/mol. The number of nitrogen functional groups attached to an aromatic ring is 1. The molecule has 2 heterocycles. The van der Waals surface area contributed by atoms with E-state index in [1.807, 2.05) is 0 Å². The van der Waals surface area contributed by atoms with Gasteiger partial charge < -0.3 is 5.73 Å². The van der Waals surface area contributed by atoms with Crippen LogP contribution < -0.4 is 5.73 Å². The fourth-order valence-electron chi connectivity index (χ4n) is 2.49. The lowest BCUT2D eigenvalue weighted by molar-refractivity contribution is -0.0446. The summed E-state index contributed by atoms with van der Waals surface area (Å²) in [5.74, 6) is -2.19. The van der Waals surface area contributed by atoms with Gasteiger partial charge in [0.25, 0.3) is 0 Å². The summed E-state index contributed by atoms with van der Waals surface area (Å²) >= 11 is 2.07. The van der Waals surface area contributed by atoms with Crippen LogP contribution in [0.5, 0.6) is 0 Å². The van der Waals surface area contributed by atoms with Gasteiger partial charge in [0.1, 0.15) is 10.0 Å². The quantitative estimate of drug-likeness (QED) is 0.611. The number of aromatic nitrogens is 4. The van der Waals surface area contributed by atoms with Crippen molar-refractivity contribution in [2.45, 2.75) is 37.6 Å². The Kier molecular flexibility index (Phi) is 3.06. The van der Waals surface area contributed by atoms with Gasteiger partial charge in [-0.2, -0.15) is 5.10 Å². The van der Waals surface area contributed by atoms with Gasteiger partial charge in [0.05, 0.1) is 11.4 Å². The highest BCUT2D eigenvalue weighted by molar-refractivity contribution is 14.1. The smallest absolute Gasteiger partial charge is 0.248 e. The minimum atomic E-state index is -2.55. The van der Waals surface area contributed by atoms with Crippen LogP contribution in [0.15, 0.2) is 6.33 Å². The number of nitrogens with zero attached hydrogens (tertiary/aromatic N) is 4. The standard InChI is InChI=1S/C11H12F2IN5/c12-11(13)3-1-6(2-4-11)19-10-7(9(15)18-19)8(14)16-5-17-10/h5-6H,1-4H2,(H2,15,18). The van der Waals surface area contributed by atoms with Crippen molar-refractivity contribution in [1.82, 2.24) is 19.7 Å². The minimum absolute atomic E-state index is 0.0647. The largest absolute Gasteiger partial charge is 0.382 e. The average Bonchev–Trinajstić information content (AvgIpc) is 2.68. The number of fused-ring (bicyclic) bond motifs is 1. The Morgan fingerprint density at radius 3 is 2.68 bits per heavy atom. The molecule has 0 aromatic carbocycles. The van der Waals surface area contributed by atoms with E-state index in [2.05, 4.69) is 37.7 Å². The lowest BCUT2D eigenvalue weighted by Crippen LogP contribution is -2.27. The van der Waals surface area contributed by atoms with Gasteiger partial charge in [-0.25, -0.2) is 23.4 Å². The number of hydrogen-bond acceptors (Lipinski definition) is 4. The highest BCUT2D eigenvalue weighted by Crippen LogP contribution is 2.39. The summed E-state index contributed by atoms with van der Waals surface area (Å²) in [6.45, 7) is 0. The predicted octanol–water partition coefficient (Wildman–Crippen LogP) is 2.76. The Morgan fingerprint density at radius 1 is 1.32 bits per heavy atom. The molecule has 0 saturated heterocycles. The molecule has 5 nitrogen and oxygen atoms in total. The van der Waals surface area contributed by atoms with Crippen molar-refractivity contribution in [2.75, 3.05) is 5.73 Å². The van der Waals surface area contributed by atoms with E-state index in [1.165, 1.54) is 6.33 Å². The van der Waals surface area contributed by atoms with Crippen molar-refractivity contribution >= 4 is 39.4 Å². The molecular weight excluding hydrogens is 367 g/mol. The van der Waals surface area contributed by atoms with E-state index in [-0.39, 0.29) is 18.9 Å². The van der Waals surface area contributed by atoms with E-state index < -0.39 is 5.92 Å². The van der Waals surface area contributed by atoms with Gasteiger partial charge in [-0.1, -0.05) is 0 Å². The van der Waals surface area contributed by atoms with Gasteiger partial charge in [0.2, 0.25) is 5.92 Å². The zero-order valence-corrected chi connectivity index (χ0v) is 12.1. The van der Waals surface area contributed by atoms with Crippen molar-refractivity contribution in [2.24, 2.45) is 0 Å². The second kappa shape index (κ2) is 4.50. The first-order chi connectivity index (χ1) is 8.98. The van der Waals surface area contributed by atoms with Crippen LogP contribution >= 0.6 is 22.6 Å². The van der Waals surface area contributed by atoms with Crippen LogP contribution in [0.25, 0.3) is 11.0 Å². The third-order valence-corrected chi connectivity index (χ3v) is 4.32. The Hall–Kier alpha value is -1.06. The maximum Gasteiger partial charge on any atom is 0.248 e. The zero-order valence-electron chi connectivity index (χ0n) is 9.98. The first-order valence-corrected chi connectivity index (χ1v) is 7.08. The molecular formula is C11H12F2IN5. The summed E-state index contributed by atoms with van der Waals surface area (Å²) in [6.07, 6.45) is 2.01. The first-order valence-electron chi connectivity index (χ1n) is 6.00. The molecule has 2 N–H and O–H groups in total. The Morgan fingerprint density at radius 2 is 2.00 bits per heavy atom. The van der Waals surface area contributed by atoms with E-state index in [9.17, 15) is 8.78 Å². The van der Waals surface area contributed by atoms with Crippen LogP contribution in [0.4, 0.5) is 14.6 Å². The molecule has 2 aromatic rings. The molecule has 1 saturated carbocycles. The molecule has 0 spiro atoms. The fourth-order valence-corrected chi connectivity index (χ4v) is 3.13. The molecule has 19 heavy (non-hydrogen) atoms. The summed E-state index contributed by atoms with van der Waals surface area (Å²) in [7, 11) is 0. The zero-order chi connectivity index (χ0) is 13.6. The Balaban J connectivity index is 2.00. The van der Waals surface area contributed by atoms with Crippen LogP contribution in [-0.2, 0) is 0 Å². The third-order valence-electron chi connectivity index (χ3n) is 3.50. The number of alkyl halides is 2. The molecule has 0 bridgehead atoms. The topological polar surface area (TPSA) is 69.6 Å². The summed E-state index contributed by atoms with van der Waals surface area (Å²) in [5, 5.41) is 4.97. The van der Waals surface area contributed by atoms with Crippen molar-refractivity contribution in [3.8, 4) is 0 Å². The molecule has 3 rings (SSSR count). The molecule has 1 aliphatic carbocycles. The lowest BCUT2D eigenvalue weighted by atomic mass is 9.92. The number of halogens is 3. The first kappa shape index (κ1) is 12.9. The molecule has 1 fully saturated rings. The number of nitrogens with two attached hydrogens (primary N) is 1. The van der Waals surface area contributed by atoms with Gasteiger partial charge >= 0.3 is 0 Å². The van der Waals surface area contributed by atoms with Crippen molar-refractivity contribution in [3.63, 3.8) is 0 Å². The molecule has 1 aliphatic rings.